The molecule has 0 amide bonds. The lowest BCUT2D eigenvalue weighted by Crippen LogP contribution is -1.96. The highest BCUT2D eigenvalue weighted by Gasteiger charge is 2.16. The van der Waals surface area contributed by atoms with Gasteiger partial charge in [-0.3, -0.25) is 0 Å². The van der Waals surface area contributed by atoms with E-state index in [9.17, 15) is 0 Å². The van der Waals surface area contributed by atoms with E-state index in [1.807, 2.05) is 0 Å². The Kier molecular flexibility index (Phi) is 4.48. The first-order chi connectivity index (χ1) is 16.7. The summed E-state index contributed by atoms with van der Waals surface area (Å²) in [4.78, 5) is 0. The van der Waals surface area contributed by atoms with Crippen LogP contribution < -0.4 is 0 Å². The van der Waals surface area contributed by atoms with E-state index in [0.29, 0.717) is 0 Å². The van der Waals surface area contributed by atoms with E-state index in [0.717, 1.165) is 14.6 Å². The quantitative estimate of drug-likeness (QED) is 0.197. The summed E-state index contributed by atoms with van der Waals surface area (Å²) >= 11 is 7.33. The van der Waals surface area contributed by atoms with Gasteiger partial charge in [-0.05, 0) is 54.6 Å². The third kappa shape index (κ3) is 2.92. The first kappa shape index (κ1) is 20.1. The van der Waals surface area contributed by atoms with Crippen molar-refractivity contribution in [3.63, 3.8) is 0 Å². The lowest BCUT2D eigenvalue weighted by Gasteiger charge is -2.11. The molecule has 34 heavy (non-hydrogen) atoms. The Morgan fingerprint density at radius 1 is 0.382 bits per heavy atom. The van der Waals surface area contributed by atoms with E-state index in [-0.39, 0.29) is 0 Å². The molecule has 0 fully saturated rings. The molecule has 4 heteroatoms. The Labute approximate surface area is 213 Å². The van der Waals surface area contributed by atoms with Gasteiger partial charge < -0.3 is 9.13 Å². The number of halogens is 2. The van der Waals surface area contributed by atoms with E-state index >= 15 is 0 Å². The van der Waals surface area contributed by atoms with E-state index in [4.69, 9.17) is 0 Å². The van der Waals surface area contributed by atoms with Gasteiger partial charge >= 0.3 is 0 Å². The van der Waals surface area contributed by atoms with Crippen LogP contribution in [0.15, 0.2) is 118 Å². The molecular formula is C30H18Br2N2. The predicted octanol–water partition coefficient (Wildman–Crippen LogP) is 9.41. The average Bonchev–Trinajstić information content (AvgIpc) is 3.36. The van der Waals surface area contributed by atoms with Gasteiger partial charge in [0.2, 0.25) is 0 Å². The number of rotatable bonds is 2. The van der Waals surface area contributed by atoms with Gasteiger partial charge in [0.1, 0.15) is 0 Å². The van der Waals surface area contributed by atoms with Gasteiger partial charge in [-0.1, -0.05) is 86.5 Å². The van der Waals surface area contributed by atoms with Crippen LogP contribution in [0.3, 0.4) is 0 Å². The van der Waals surface area contributed by atoms with Crippen LogP contribution >= 0.6 is 31.9 Å². The molecule has 0 radical (unpaired) electrons. The number of hydrogen-bond acceptors (Lipinski definition) is 0. The first-order valence-electron chi connectivity index (χ1n) is 11.2. The van der Waals surface area contributed by atoms with Gasteiger partial charge in [0.05, 0.1) is 22.1 Å². The van der Waals surface area contributed by atoms with Crippen LogP contribution in [0.5, 0.6) is 0 Å². The third-order valence-corrected chi connectivity index (χ3v) is 7.52. The van der Waals surface area contributed by atoms with Crippen molar-refractivity contribution >= 4 is 75.5 Å². The maximum Gasteiger partial charge on any atom is 0.0542 e. The highest BCUT2D eigenvalue weighted by Crippen LogP contribution is 2.37. The number of para-hydroxylation sites is 3. The van der Waals surface area contributed by atoms with Gasteiger partial charge in [0, 0.05) is 41.9 Å². The fourth-order valence-electron chi connectivity index (χ4n) is 5.25. The van der Waals surface area contributed by atoms with E-state index in [2.05, 4.69) is 150 Å². The molecule has 0 aliphatic carbocycles. The monoisotopic (exact) mass is 564 g/mol. The highest BCUT2D eigenvalue weighted by molar-refractivity contribution is 9.11. The molecule has 5 aromatic carbocycles. The fourth-order valence-corrected chi connectivity index (χ4v) is 6.52. The molecule has 0 bridgehead atoms. The number of benzene rings is 5. The van der Waals surface area contributed by atoms with E-state index in [1.165, 1.54) is 49.3 Å². The Morgan fingerprint density at radius 2 is 0.824 bits per heavy atom. The van der Waals surface area contributed by atoms with Crippen molar-refractivity contribution in [3.8, 4) is 11.4 Å². The molecule has 0 aliphatic rings. The molecule has 7 rings (SSSR count). The summed E-state index contributed by atoms with van der Waals surface area (Å²) < 4.78 is 6.82. The van der Waals surface area contributed by atoms with Crippen LogP contribution in [0.4, 0.5) is 0 Å². The lowest BCUT2D eigenvalue weighted by atomic mass is 10.1. The normalized spacial score (nSPS) is 11.8. The van der Waals surface area contributed by atoms with Crippen molar-refractivity contribution in [2.75, 3.05) is 0 Å². The summed E-state index contributed by atoms with van der Waals surface area (Å²) in [6.07, 6.45) is 0. The first-order valence-corrected chi connectivity index (χ1v) is 12.8. The fraction of sp³-hybridized carbons (Fsp3) is 0. The maximum atomic E-state index is 3.66. The van der Waals surface area contributed by atoms with E-state index < -0.39 is 0 Å². The van der Waals surface area contributed by atoms with Crippen LogP contribution in [0.2, 0.25) is 0 Å². The number of nitrogens with zero attached hydrogens (tertiary/aromatic N) is 2. The molecule has 0 N–H and O–H groups in total. The summed E-state index contributed by atoms with van der Waals surface area (Å²) in [6, 6.07) is 39.2. The molecule has 2 heterocycles. The second kappa shape index (κ2) is 7.59. The SMILES string of the molecule is Brc1cc(Br)cc(-n2c3ccccc3c3cc(-n4c5ccccc5c5ccccc54)ccc32)c1. The number of aromatic nitrogens is 2. The van der Waals surface area contributed by atoms with Crippen molar-refractivity contribution in [1.29, 1.82) is 0 Å². The minimum Gasteiger partial charge on any atom is -0.309 e. The molecule has 0 spiro atoms. The summed E-state index contributed by atoms with van der Waals surface area (Å²) in [5.41, 5.74) is 7.13. The lowest BCUT2D eigenvalue weighted by molar-refractivity contribution is 1.16. The molecule has 2 nitrogen and oxygen atoms in total. The molecule has 0 unspecified atom stereocenters. The minimum absolute atomic E-state index is 1.05. The molecule has 0 aliphatic heterocycles. The van der Waals surface area contributed by atoms with Crippen LogP contribution in [-0.4, -0.2) is 9.13 Å². The smallest absolute Gasteiger partial charge is 0.0542 e. The molecule has 2 aromatic heterocycles. The molecule has 0 atom stereocenters. The Bertz CT molecular complexity index is 1820. The molecule has 0 saturated carbocycles. The van der Waals surface area contributed by atoms with Gasteiger partial charge in [0.15, 0.2) is 0 Å². The zero-order chi connectivity index (χ0) is 22.8. The number of fused-ring (bicyclic) bond motifs is 6. The van der Waals surface area contributed by atoms with Crippen molar-refractivity contribution in [1.82, 2.24) is 9.13 Å². The highest BCUT2D eigenvalue weighted by atomic mass is 79.9. The second-order valence-corrected chi connectivity index (χ2v) is 10.4. The van der Waals surface area contributed by atoms with Crippen LogP contribution in [0.25, 0.3) is 55.0 Å². The van der Waals surface area contributed by atoms with Crippen molar-refractivity contribution in [2.24, 2.45) is 0 Å². The Hall–Kier alpha value is -3.34. The predicted molar refractivity (Wildman–Crippen MR) is 151 cm³/mol. The standard InChI is InChI=1S/C30H18Br2N2/c31-19-15-20(32)17-22(16-19)34-29-12-6-3-9-25(29)26-18-21(13-14-30(26)34)33-27-10-4-1-7-23(27)24-8-2-5-11-28(24)33/h1-18H. The Morgan fingerprint density at radius 3 is 1.38 bits per heavy atom. The molecular weight excluding hydrogens is 548 g/mol. The molecule has 7 aromatic rings. The minimum atomic E-state index is 1.05. The van der Waals surface area contributed by atoms with Crippen LogP contribution in [0, 0.1) is 0 Å². The third-order valence-electron chi connectivity index (χ3n) is 6.60. The molecule has 0 saturated heterocycles. The maximum absolute atomic E-state index is 3.66. The van der Waals surface area contributed by atoms with Gasteiger partial charge in [0.25, 0.3) is 0 Å². The van der Waals surface area contributed by atoms with Crippen molar-refractivity contribution in [2.45, 2.75) is 0 Å². The van der Waals surface area contributed by atoms with E-state index in [1.54, 1.807) is 0 Å². The zero-order valence-electron chi connectivity index (χ0n) is 18.0. The van der Waals surface area contributed by atoms with Gasteiger partial charge in [-0.25, -0.2) is 0 Å². The number of hydrogen-bond donors (Lipinski definition) is 0. The summed E-state index contributed by atoms with van der Waals surface area (Å²) in [5.74, 6) is 0. The van der Waals surface area contributed by atoms with Crippen molar-refractivity contribution < 1.29 is 0 Å². The summed E-state index contributed by atoms with van der Waals surface area (Å²) in [5, 5.41) is 5.04. The summed E-state index contributed by atoms with van der Waals surface area (Å²) in [6.45, 7) is 0. The largest absolute Gasteiger partial charge is 0.309 e. The molecule has 162 valence electrons. The zero-order valence-corrected chi connectivity index (χ0v) is 21.2. The van der Waals surface area contributed by atoms with Crippen molar-refractivity contribution in [3.05, 3.63) is 118 Å². The average molecular weight is 566 g/mol. The van der Waals surface area contributed by atoms with Gasteiger partial charge in [-0.15, -0.1) is 0 Å². The summed E-state index contributed by atoms with van der Waals surface area (Å²) in [7, 11) is 0. The topological polar surface area (TPSA) is 9.86 Å². The van der Waals surface area contributed by atoms with Crippen LogP contribution in [0.1, 0.15) is 0 Å². The van der Waals surface area contributed by atoms with Crippen LogP contribution in [-0.2, 0) is 0 Å². The Balaban J connectivity index is 1.58. The van der Waals surface area contributed by atoms with Gasteiger partial charge in [-0.2, -0.15) is 0 Å². The second-order valence-electron chi connectivity index (χ2n) is 8.55.